The molecule has 1 fully saturated rings. The van der Waals surface area contributed by atoms with E-state index in [4.69, 9.17) is 16.3 Å². The molecule has 1 N–H and O–H groups in total. The predicted molar refractivity (Wildman–Crippen MR) is 76.2 cm³/mol. The minimum absolute atomic E-state index is 0.0196. The van der Waals surface area contributed by atoms with Crippen LogP contribution in [0.1, 0.15) is 31.7 Å². The number of hydrogen-bond acceptors (Lipinski definition) is 3. The lowest BCUT2D eigenvalue weighted by molar-refractivity contribution is -0.161. The highest BCUT2D eigenvalue weighted by Crippen LogP contribution is 2.27. The molecule has 0 radical (unpaired) electrons. The molecular formula is C15H18ClNO3. The monoisotopic (exact) mass is 295 g/mol. The van der Waals surface area contributed by atoms with Gasteiger partial charge in [0.05, 0.1) is 5.92 Å². The summed E-state index contributed by atoms with van der Waals surface area (Å²) in [6.45, 7) is 1.91. The van der Waals surface area contributed by atoms with Gasteiger partial charge in [-0.05, 0) is 31.4 Å². The van der Waals surface area contributed by atoms with Crippen LogP contribution in [0.15, 0.2) is 24.3 Å². The Morgan fingerprint density at radius 2 is 2.10 bits per heavy atom. The third kappa shape index (κ3) is 3.73. The van der Waals surface area contributed by atoms with Crippen LogP contribution in [-0.4, -0.2) is 18.0 Å². The van der Waals surface area contributed by atoms with E-state index in [1.54, 1.807) is 13.0 Å². The molecule has 5 heteroatoms. The van der Waals surface area contributed by atoms with Gasteiger partial charge in [-0.15, -0.1) is 0 Å². The Morgan fingerprint density at radius 3 is 2.70 bits per heavy atom. The largest absolute Gasteiger partial charge is 0.452 e. The molecule has 1 saturated carbocycles. The van der Waals surface area contributed by atoms with Crippen LogP contribution in [0.25, 0.3) is 0 Å². The highest BCUT2D eigenvalue weighted by molar-refractivity contribution is 6.31. The molecule has 0 spiro atoms. The summed E-state index contributed by atoms with van der Waals surface area (Å²) < 4.78 is 5.15. The lowest BCUT2D eigenvalue weighted by Crippen LogP contribution is -2.37. The van der Waals surface area contributed by atoms with Gasteiger partial charge in [0.2, 0.25) is 0 Å². The minimum atomic E-state index is -0.773. The third-order valence-electron chi connectivity index (χ3n) is 3.51. The van der Waals surface area contributed by atoms with Gasteiger partial charge in [0.1, 0.15) is 0 Å². The van der Waals surface area contributed by atoms with Gasteiger partial charge in [0.25, 0.3) is 5.91 Å². The minimum Gasteiger partial charge on any atom is -0.452 e. The van der Waals surface area contributed by atoms with Gasteiger partial charge in [-0.2, -0.15) is 0 Å². The van der Waals surface area contributed by atoms with Crippen molar-refractivity contribution in [3.8, 4) is 0 Å². The molecule has 1 aliphatic carbocycles. The summed E-state index contributed by atoms with van der Waals surface area (Å²) in [5.74, 6) is -0.594. The van der Waals surface area contributed by atoms with Gasteiger partial charge in [0.15, 0.2) is 6.10 Å². The number of esters is 1. The fraction of sp³-hybridized carbons (Fsp3) is 0.467. The SMILES string of the molecule is CC(OC(=O)C1CCC1)C(=O)NCc1ccccc1Cl. The molecule has 0 aromatic heterocycles. The molecule has 2 rings (SSSR count). The summed E-state index contributed by atoms with van der Waals surface area (Å²) >= 11 is 6.00. The Balaban J connectivity index is 1.79. The summed E-state index contributed by atoms with van der Waals surface area (Å²) in [6.07, 6.45) is 2.03. The maximum absolute atomic E-state index is 11.9. The van der Waals surface area contributed by atoms with Crippen molar-refractivity contribution in [2.24, 2.45) is 5.92 Å². The number of amides is 1. The Hall–Kier alpha value is -1.55. The summed E-state index contributed by atoms with van der Waals surface area (Å²) in [7, 11) is 0. The van der Waals surface area contributed by atoms with Gasteiger partial charge in [0, 0.05) is 11.6 Å². The first kappa shape index (κ1) is 14.9. The van der Waals surface area contributed by atoms with E-state index < -0.39 is 6.10 Å². The highest BCUT2D eigenvalue weighted by atomic mass is 35.5. The average Bonchev–Trinajstić information content (AvgIpc) is 2.35. The number of hydrogen-bond donors (Lipinski definition) is 1. The van der Waals surface area contributed by atoms with Crippen LogP contribution in [0.3, 0.4) is 0 Å². The van der Waals surface area contributed by atoms with Crippen LogP contribution in [-0.2, 0) is 20.9 Å². The molecule has 4 nitrogen and oxygen atoms in total. The van der Waals surface area contributed by atoms with E-state index in [1.807, 2.05) is 18.2 Å². The second-order valence-corrected chi connectivity index (χ2v) is 5.42. The molecule has 0 saturated heterocycles. The van der Waals surface area contributed by atoms with E-state index in [-0.39, 0.29) is 17.8 Å². The Bertz CT molecular complexity index is 500. The van der Waals surface area contributed by atoms with Crippen LogP contribution in [0.2, 0.25) is 5.02 Å². The van der Waals surface area contributed by atoms with Crippen molar-refractivity contribution in [2.75, 3.05) is 0 Å². The molecular weight excluding hydrogens is 278 g/mol. The van der Waals surface area contributed by atoms with Crippen LogP contribution in [0.4, 0.5) is 0 Å². The normalized spacial score (nSPS) is 16.1. The van der Waals surface area contributed by atoms with E-state index in [9.17, 15) is 9.59 Å². The van der Waals surface area contributed by atoms with Crippen molar-refractivity contribution in [1.82, 2.24) is 5.32 Å². The van der Waals surface area contributed by atoms with Crippen LogP contribution >= 0.6 is 11.6 Å². The van der Waals surface area contributed by atoms with Gasteiger partial charge >= 0.3 is 5.97 Å². The van der Waals surface area contributed by atoms with Gasteiger partial charge in [-0.1, -0.05) is 36.2 Å². The fourth-order valence-electron chi connectivity index (χ4n) is 1.94. The lowest BCUT2D eigenvalue weighted by Gasteiger charge is -2.24. The molecule has 1 atom stereocenters. The van der Waals surface area contributed by atoms with Gasteiger partial charge < -0.3 is 10.1 Å². The number of carbonyl (C=O) groups excluding carboxylic acids is 2. The third-order valence-corrected chi connectivity index (χ3v) is 3.88. The summed E-state index contributed by atoms with van der Waals surface area (Å²) in [4.78, 5) is 23.5. The van der Waals surface area contributed by atoms with E-state index in [0.29, 0.717) is 11.6 Å². The number of nitrogens with one attached hydrogen (secondary N) is 1. The molecule has 1 aliphatic rings. The summed E-state index contributed by atoms with van der Waals surface area (Å²) in [5, 5.41) is 3.32. The quantitative estimate of drug-likeness (QED) is 0.850. The molecule has 108 valence electrons. The zero-order chi connectivity index (χ0) is 14.5. The molecule has 20 heavy (non-hydrogen) atoms. The zero-order valence-electron chi connectivity index (χ0n) is 11.4. The number of benzene rings is 1. The number of halogens is 1. The number of carbonyl (C=O) groups is 2. The Labute approximate surface area is 123 Å². The predicted octanol–water partition coefficient (Wildman–Crippen LogP) is 2.69. The summed E-state index contributed by atoms with van der Waals surface area (Å²) in [5.41, 5.74) is 0.833. The average molecular weight is 296 g/mol. The van der Waals surface area contributed by atoms with Crippen molar-refractivity contribution in [2.45, 2.75) is 38.8 Å². The first-order valence-corrected chi connectivity index (χ1v) is 7.17. The van der Waals surface area contributed by atoms with Crippen LogP contribution < -0.4 is 5.32 Å². The fourth-order valence-corrected chi connectivity index (χ4v) is 2.14. The lowest BCUT2D eigenvalue weighted by atomic mass is 9.86. The molecule has 1 amide bonds. The Morgan fingerprint density at radius 1 is 1.40 bits per heavy atom. The first-order valence-electron chi connectivity index (χ1n) is 6.79. The van der Waals surface area contributed by atoms with Crippen molar-refractivity contribution >= 4 is 23.5 Å². The molecule has 1 unspecified atom stereocenters. The summed E-state index contributed by atoms with van der Waals surface area (Å²) in [6, 6.07) is 7.29. The van der Waals surface area contributed by atoms with Crippen LogP contribution in [0, 0.1) is 5.92 Å². The molecule has 1 aromatic rings. The van der Waals surface area contributed by atoms with Crippen LogP contribution in [0.5, 0.6) is 0 Å². The van der Waals surface area contributed by atoms with Gasteiger partial charge in [-0.25, -0.2) is 0 Å². The maximum atomic E-state index is 11.9. The molecule has 0 heterocycles. The molecule has 0 bridgehead atoms. The van der Waals surface area contributed by atoms with E-state index >= 15 is 0 Å². The Kier molecular flexibility index (Phi) is 5.01. The highest BCUT2D eigenvalue weighted by Gasteiger charge is 2.29. The molecule has 1 aromatic carbocycles. The smallest absolute Gasteiger partial charge is 0.309 e. The van der Waals surface area contributed by atoms with Crippen molar-refractivity contribution in [1.29, 1.82) is 0 Å². The first-order chi connectivity index (χ1) is 9.58. The van der Waals surface area contributed by atoms with E-state index in [0.717, 1.165) is 24.8 Å². The standard InChI is InChI=1S/C15H18ClNO3/c1-10(20-15(19)11-6-4-7-11)14(18)17-9-12-5-2-3-8-13(12)16/h2-3,5,8,10-11H,4,6-7,9H2,1H3,(H,17,18). The van der Waals surface area contributed by atoms with E-state index in [2.05, 4.69) is 5.32 Å². The molecule has 0 aliphatic heterocycles. The number of rotatable bonds is 5. The van der Waals surface area contributed by atoms with E-state index in [1.165, 1.54) is 0 Å². The second kappa shape index (κ2) is 6.75. The maximum Gasteiger partial charge on any atom is 0.309 e. The second-order valence-electron chi connectivity index (χ2n) is 5.02. The van der Waals surface area contributed by atoms with Gasteiger partial charge in [-0.3, -0.25) is 9.59 Å². The zero-order valence-corrected chi connectivity index (χ0v) is 12.2. The van der Waals surface area contributed by atoms with Crippen molar-refractivity contribution in [3.63, 3.8) is 0 Å². The number of ether oxygens (including phenoxy) is 1. The van der Waals surface area contributed by atoms with Crippen molar-refractivity contribution in [3.05, 3.63) is 34.9 Å². The van der Waals surface area contributed by atoms with Crippen molar-refractivity contribution < 1.29 is 14.3 Å². The topological polar surface area (TPSA) is 55.4 Å².